The van der Waals surface area contributed by atoms with Crippen molar-refractivity contribution < 1.29 is 19.2 Å². The maximum Gasteiger partial charge on any atom is 0.333 e. The van der Waals surface area contributed by atoms with E-state index in [9.17, 15) is 14.4 Å². The Morgan fingerprint density at radius 1 is 1.18 bits per heavy atom. The van der Waals surface area contributed by atoms with Crippen molar-refractivity contribution in [1.29, 1.82) is 0 Å². The molecular weight excluding hydrogens is 288 g/mol. The molecule has 0 spiro atoms. The zero-order valence-electron chi connectivity index (χ0n) is 11.5. The number of nitrogens with one attached hydrogen (secondary N) is 1. The predicted octanol–water partition coefficient (Wildman–Crippen LogP) is 0.882. The third-order valence-corrected chi connectivity index (χ3v) is 3.23. The molecule has 1 aromatic carbocycles. The van der Waals surface area contributed by atoms with Crippen LogP contribution in [0.4, 0.5) is 0 Å². The fourth-order valence-corrected chi connectivity index (χ4v) is 2.16. The first-order valence-electron chi connectivity index (χ1n) is 6.70. The molecule has 22 heavy (non-hydrogen) atoms. The van der Waals surface area contributed by atoms with Crippen LogP contribution >= 0.6 is 0 Å². The van der Waals surface area contributed by atoms with E-state index in [2.05, 4.69) is 15.4 Å². The molecule has 2 aromatic rings. The zero-order valence-corrected chi connectivity index (χ0v) is 11.5. The Balaban J connectivity index is 1.56. The number of imide groups is 1. The summed E-state index contributed by atoms with van der Waals surface area (Å²) in [7, 11) is 0. The summed E-state index contributed by atoms with van der Waals surface area (Å²) in [6, 6.07) is 6.34. The highest BCUT2D eigenvalue weighted by Gasteiger charge is 2.38. The van der Waals surface area contributed by atoms with Crippen LogP contribution < -0.4 is 0 Å². The average molecular weight is 300 g/mol. The van der Waals surface area contributed by atoms with Gasteiger partial charge >= 0.3 is 5.97 Å². The number of carbonyl (C=O) groups excluding carboxylic acids is 3. The molecule has 1 aliphatic heterocycles. The molecule has 1 aliphatic rings. The van der Waals surface area contributed by atoms with E-state index in [1.54, 1.807) is 18.3 Å². The number of hydrogen-bond acceptors (Lipinski definition) is 6. The molecule has 8 heteroatoms. The third kappa shape index (κ3) is 2.58. The van der Waals surface area contributed by atoms with Crippen LogP contribution in [0.3, 0.4) is 0 Å². The lowest BCUT2D eigenvalue weighted by Crippen LogP contribution is -2.32. The minimum absolute atomic E-state index is 0.0697. The Morgan fingerprint density at radius 3 is 2.45 bits per heavy atom. The second-order valence-corrected chi connectivity index (χ2v) is 4.73. The molecule has 0 unspecified atom stereocenters. The van der Waals surface area contributed by atoms with Crippen molar-refractivity contribution in [2.75, 3.05) is 0 Å². The number of aryl methyl sites for hydroxylation is 1. The van der Waals surface area contributed by atoms with Crippen LogP contribution in [0.15, 0.2) is 30.5 Å². The van der Waals surface area contributed by atoms with Crippen LogP contribution in [-0.4, -0.2) is 38.3 Å². The van der Waals surface area contributed by atoms with E-state index in [0.717, 1.165) is 5.69 Å². The van der Waals surface area contributed by atoms with Gasteiger partial charge in [0.2, 0.25) is 0 Å². The van der Waals surface area contributed by atoms with Gasteiger partial charge in [-0.15, -0.1) is 0 Å². The number of hydroxylamine groups is 2. The quantitative estimate of drug-likeness (QED) is 0.822. The molecular formula is C14H12N4O4. The Hall–Kier alpha value is -3.03. The second kappa shape index (κ2) is 5.76. The fraction of sp³-hybridized carbons (Fsp3) is 0.214. The van der Waals surface area contributed by atoms with Crippen LogP contribution in [0.1, 0.15) is 39.3 Å². The zero-order chi connectivity index (χ0) is 15.5. The van der Waals surface area contributed by atoms with Gasteiger partial charge in [-0.05, 0) is 25.0 Å². The van der Waals surface area contributed by atoms with E-state index in [1.165, 1.54) is 12.1 Å². The van der Waals surface area contributed by atoms with Gasteiger partial charge in [0.15, 0.2) is 0 Å². The van der Waals surface area contributed by atoms with Gasteiger partial charge in [0, 0.05) is 6.42 Å². The summed E-state index contributed by atoms with van der Waals surface area (Å²) in [6.07, 6.45) is 2.66. The highest BCUT2D eigenvalue weighted by atomic mass is 16.7. The molecule has 0 fully saturated rings. The van der Waals surface area contributed by atoms with Crippen molar-refractivity contribution in [3.63, 3.8) is 0 Å². The van der Waals surface area contributed by atoms with Gasteiger partial charge in [-0.1, -0.05) is 17.2 Å². The molecule has 2 heterocycles. The molecule has 0 aliphatic carbocycles. The first-order chi connectivity index (χ1) is 10.7. The number of nitrogens with zero attached hydrogens (tertiary/aromatic N) is 3. The number of hydrogen-bond donors (Lipinski definition) is 1. The van der Waals surface area contributed by atoms with E-state index >= 15 is 0 Å². The Bertz CT molecular complexity index is 691. The SMILES string of the molecule is O=C(CCCc1cn[nH]n1)ON1C(=O)c2ccccc2C1=O. The lowest BCUT2D eigenvalue weighted by Gasteiger charge is -2.12. The Kier molecular flexibility index (Phi) is 3.65. The first-order valence-corrected chi connectivity index (χ1v) is 6.70. The lowest BCUT2D eigenvalue weighted by molar-refractivity contribution is -0.168. The van der Waals surface area contributed by atoms with E-state index in [4.69, 9.17) is 4.84 Å². The highest BCUT2D eigenvalue weighted by Crippen LogP contribution is 2.22. The van der Waals surface area contributed by atoms with Crippen LogP contribution in [0.25, 0.3) is 0 Å². The van der Waals surface area contributed by atoms with Crippen molar-refractivity contribution in [1.82, 2.24) is 20.5 Å². The van der Waals surface area contributed by atoms with E-state index < -0.39 is 17.8 Å². The van der Waals surface area contributed by atoms with E-state index in [-0.39, 0.29) is 17.5 Å². The Morgan fingerprint density at radius 2 is 1.86 bits per heavy atom. The molecule has 8 nitrogen and oxygen atoms in total. The molecule has 2 amide bonds. The summed E-state index contributed by atoms with van der Waals surface area (Å²) in [6.45, 7) is 0. The second-order valence-electron chi connectivity index (χ2n) is 4.73. The molecule has 0 atom stereocenters. The van der Waals surface area contributed by atoms with Crippen LogP contribution in [-0.2, 0) is 16.1 Å². The topological polar surface area (TPSA) is 105 Å². The van der Waals surface area contributed by atoms with Gasteiger partial charge in [0.25, 0.3) is 11.8 Å². The van der Waals surface area contributed by atoms with Crippen LogP contribution in [0, 0.1) is 0 Å². The first kappa shape index (κ1) is 13.9. The number of carbonyl (C=O) groups is 3. The molecule has 1 aromatic heterocycles. The monoisotopic (exact) mass is 300 g/mol. The predicted molar refractivity (Wildman–Crippen MR) is 72.4 cm³/mol. The van der Waals surface area contributed by atoms with Crippen molar-refractivity contribution in [3.8, 4) is 0 Å². The van der Waals surface area contributed by atoms with Crippen molar-refractivity contribution in [2.24, 2.45) is 0 Å². The maximum absolute atomic E-state index is 12.0. The average Bonchev–Trinajstić information content (AvgIpc) is 3.11. The molecule has 0 saturated carbocycles. The number of amides is 2. The van der Waals surface area contributed by atoms with Crippen LogP contribution in [0.5, 0.6) is 0 Å². The minimum atomic E-state index is -0.641. The van der Waals surface area contributed by atoms with Crippen molar-refractivity contribution >= 4 is 17.8 Å². The van der Waals surface area contributed by atoms with Gasteiger partial charge in [0.1, 0.15) is 0 Å². The Labute approximate surface area is 125 Å². The van der Waals surface area contributed by atoms with E-state index in [1.807, 2.05) is 0 Å². The van der Waals surface area contributed by atoms with Gasteiger partial charge in [-0.3, -0.25) is 9.59 Å². The third-order valence-electron chi connectivity index (χ3n) is 3.23. The number of rotatable bonds is 5. The van der Waals surface area contributed by atoms with Gasteiger partial charge in [-0.25, -0.2) is 4.79 Å². The van der Waals surface area contributed by atoms with Gasteiger partial charge in [0.05, 0.1) is 23.0 Å². The van der Waals surface area contributed by atoms with Crippen LogP contribution in [0.2, 0.25) is 0 Å². The number of benzene rings is 1. The van der Waals surface area contributed by atoms with Gasteiger partial charge in [-0.2, -0.15) is 15.4 Å². The fourth-order valence-electron chi connectivity index (χ4n) is 2.16. The molecule has 0 saturated heterocycles. The summed E-state index contributed by atoms with van der Waals surface area (Å²) in [5.41, 5.74) is 1.21. The van der Waals surface area contributed by atoms with Crippen molar-refractivity contribution in [3.05, 3.63) is 47.3 Å². The normalized spacial score (nSPS) is 13.4. The number of fused-ring (bicyclic) bond motifs is 1. The van der Waals surface area contributed by atoms with Crippen molar-refractivity contribution in [2.45, 2.75) is 19.3 Å². The lowest BCUT2D eigenvalue weighted by atomic mass is 10.1. The van der Waals surface area contributed by atoms with Gasteiger partial charge < -0.3 is 4.84 Å². The molecule has 112 valence electrons. The summed E-state index contributed by atoms with van der Waals surface area (Å²) in [5, 5.41) is 10.5. The summed E-state index contributed by atoms with van der Waals surface area (Å²) in [4.78, 5) is 40.7. The number of H-pyrrole nitrogens is 1. The summed E-state index contributed by atoms with van der Waals surface area (Å²) < 4.78 is 0. The largest absolute Gasteiger partial charge is 0.333 e. The molecule has 1 N–H and O–H groups in total. The molecule has 3 rings (SSSR count). The number of aromatic nitrogens is 3. The minimum Gasteiger partial charge on any atom is -0.330 e. The highest BCUT2D eigenvalue weighted by molar-refractivity contribution is 6.20. The maximum atomic E-state index is 12.0. The standard InChI is InChI=1S/C14H12N4O4/c19-12(7-3-4-9-8-15-17-16-9)22-18-13(20)10-5-1-2-6-11(10)14(18)21/h1-2,5-6,8H,3-4,7H2,(H,15,16,17). The molecule has 0 radical (unpaired) electrons. The summed E-state index contributed by atoms with van der Waals surface area (Å²) in [5.74, 6) is -1.88. The number of aromatic amines is 1. The summed E-state index contributed by atoms with van der Waals surface area (Å²) >= 11 is 0. The molecule has 0 bridgehead atoms. The smallest absolute Gasteiger partial charge is 0.330 e. The van der Waals surface area contributed by atoms with E-state index in [0.29, 0.717) is 17.9 Å².